The summed E-state index contributed by atoms with van der Waals surface area (Å²) in [5, 5.41) is 2.88. The van der Waals surface area contributed by atoms with Crippen molar-refractivity contribution in [2.75, 3.05) is 27.4 Å². The van der Waals surface area contributed by atoms with Crippen LogP contribution < -0.4 is 10.1 Å². The molecule has 0 radical (unpaired) electrons. The van der Waals surface area contributed by atoms with Crippen LogP contribution in [0.1, 0.15) is 11.6 Å². The average Bonchev–Trinajstić information content (AvgIpc) is 2.43. The molecule has 0 aromatic heterocycles. The van der Waals surface area contributed by atoms with Crippen molar-refractivity contribution in [1.82, 2.24) is 5.32 Å². The molecule has 0 aliphatic rings. The zero-order valence-corrected chi connectivity index (χ0v) is 11.3. The molecule has 7 heteroatoms. The van der Waals surface area contributed by atoms with Gasteiger partial charge in [0.15, 0.2) is 0 Å². The van der Waals surface area contributed by atoms with Gasteiger partial charge in [-0.3, -0.25) is 5.32 Å². The van der Waals surface area contributed by atoms with Crippen LogP contribution in [-0.4, -0.2) is 40.0 Å². The van der Waals surface area contributed by atoms with E-state index in [9.17, 15) is 13.6 Å². The van der Waals surface area contributed by atoms with Crippen LogP contribution in [0.15, 0.2) is 24.3 Å². The monoisotopic (exact) mass is 289 g/mol. The molecule has 0 saturated carbocycles. The number of carbonyl (C=O) groups excluding carboxylic acids is 1. The van der Waals surface area contributed by atoms with Crippen molar-refractivity contribution in [3.8, 4) is 5.75 Å². The molecule has 1 N–H and O–H groups in total. The van der Waals surface area contributed by atoms with Gasteiger partial charge in [-0.25, -0.2) is 4.79 Å². The van der Waals surface area contributed by atoms with E-state index in [4.69, 9.17) is 4.74 Å². The third kappa shape index (κ3) is 4.75. The van der Waals surface area contributed by atoms with Crippen LogP contribution in [0.3, 0.4) is 0 Å². The summed E-state index contributed by atoms with van der Waals surface area (Å²) in [7, 11) is 2.74. The number of hydrogen-bond donors (Lipinski definition) is 1. The second kappa shape index (κ2) is 8.44. The van der Waals surface area contributed by atoms with Gasteiger partial charge in [0.25, 0.3) is 0 Å². The Morgan fingerprint density at radius 2 is 2.00 bits per heavy atom. The van der Waals surface area contributed by atoms with E-state index in [2.05, 4.69) is 14.8 Å². The van der Waals surface area contributed by atoms with Crippen molar-refractivity contribution < 1.29 is 27.8 Å². The lowest BCUT2D eigenvalue weighted by molar-refractivity contribution is -0.143. The highest BCUT2D eigenvalue weighted by Gasteiger charge is 2.25. The van der Waals surface area contributed by atoms with E-state index in [1.54, 1.807) is 12.1 Å². The van der Waals surface area contributed by atoms with Gasteiger partial charge < -0.3 is 14.2 Å². The fraction of sp³-hybridized carbons (Fsp3) is 0.462. The molecule has 112 valence electrons. The third-order valence-electron chi connectivity index (χ3n) is 2.54. The molecule has 0 spiro atoms. The number of para-hydroxylation sites is 1. The molecular weight excluding hydrogens is 272 g/mol. The Hall–Kier alpha value is -1.73. The largest absolute Gasteiger partial charge is 0.468 e. The fourth-order valence-corrected chi connectivity index (χ4v) is 1.67. The molecule has 0 aliphatic carbocycles. The summed E-state index contributed by atoms with van der Waals surface area (Å²) in [6.45, 7) is -2.24. The molecular formula is C13H17F2NO4. The zero-order valence-electron chi connectivity index (χ0n) is 11.3. The normalized spacial score (nSPS) is 12.2. The Labute approximate surface area is 115 Å². The van der Waals surface area contributed by atoms with E-state index in [1.807, 2.05) is 0 Å². The van der Waals surface area contributed by atoms with Gasteiger partial charge in [0, 0.05) is 19.2 Å². The number of halogens is 2. The number of rotatable bonds is 8. The number of methoxy groups -OCH3 is 2. The second-order valence-electron chi connectivity index (χ2n) is 3.82. The molecule has 0 bridgehead atoms. The first-order valence-corrected chi connectivity index (χ1v) is 5.94. The van der Waals surface area contributed by atoms with E-state index in [0.717, 1.165) is 0 Å². The van der Waals surface area contributed by atoms with Gasteiger partial charge in [0.2, 0.25) is 0 Å². The predicted octanol–water partition coefficient (Wildman–Crippen LogP) is 1.74. The number of alkyl halides is 2. The highest BCUT2D eigenvalue weighted by atomic mass is 19.3. The molecule has 20 heavy (non-hydrogen) atoms. The average molecular weight is 289 g/mol. The molecule has 1 aromatic rings. The summed E-state index contributed by atoms with van der Waals surface area (Å²) in [5.41, 5.74) is 0.288. The summed E-state index contributed by atoms with van der Waals surface area (Å²) in [6.07, 6.45) is 0. The summed E-state index contributed by atoms with van der Waals surface area (Å²) in [4.78, 5) is 11.8. The van der Waals surface area contributed by atoms with Crippen LogP contribution in [0.4, 0.5) is 8.78 Å². The number of ether oxygens (including phenoxy) is 3. The van der Waals surface area contributed by atoms with Crippen LogP contribution in [-0.2, 0) is 14.3 Å². The Morgan fingerprint density at radius 1 is 1.30 bits per heavy atom. The third-order valence-corrected chi connectivity index (χ3v) is 2.54. The Kier molecular flexibility index (Phi) is 6.89. The minimum absolute atomic E-state index is 0.0668. The summed E-state index contributed by atoms with van der Waals surface area (Å²) < 4.78 is 38.7. The minimum atomic E-state index is -2.96. The molecule has 1 aromatic carbocycles. The van der Waals surface area contributed by atoms with Crippen LogP contribution in [0.5, 0.6) is 5.75 Å². The van der Waals surface area contributed by atoms with Crippen molar-refractivity contribution in [1.29, 1.82) is 0 Å². The maximum Gasteiger partial charge on any atom is 0.387 e. The van der Waals surface area contributed by atoms with Gasteiger partial charge in [0.1, 0.15) is 11.8 Å². The molecule has 5 nitrogen and oxygen atoms in total. The van der Waals surface area contributed by atoms with E-state index >= 15 is 0 Å². The lowest BCUT2D eigenvalue weighted by atomic mass is 10.1. The maximum absolute atomic E-state index is 12.4. The molecule has 0 aliphatic heterocycles. The van der Waals surface area contributed by atoms with Gasteiger partial charge in [-0.1, -0.05) is 18.2 Å². The van der Waals surface area contributed by atoms with Gasteiger partial charge in [0.05, 0.1) is 13.7 Å². The smallest absolute Gasteiger partial charge is 0.387 e. The van der Waals surface area contributed by atoms with Crippen molar-refractivity contribution in [2.45, 2.75) is 12.7 Å². The first kappa shape index (κ1) is 16.3. The van der Waals surface area contributed by atoms with E-state index in [0.29, 0.717) is 13.2 Å². The Bertz CT molecular complexity index is 429. The van der Waals surface area contributed by atoms with Crippen molar-refractivity contribution >= 4 is 5.97 Å². The highest BCUT2D eigenvalue weighted by Crippen LogP contribution is 2.27. The summed E-state index contributed by atoms with van der Waals surface area (Å²) >= 11 is 0. The molecule has 0 amide bonds. The lowest BCUT2D eigenvalue weighted by Gasteiger charge is -2.19. The number of hydrogen-bond acceptors (Lipinski definition) is 5. The molecule has 0 saturated heterocycles. The summed E-state index contributed by atoms with van der Waals surface area (Å²) in [6, 6.07) is 5.17. The number of nitrogens with one attached hydrogen (secondary N) is 1. The zero-order chi connectivity index (χ0) is 15.0. The van der Waals surface area contributed by atoms with E-state index < -0.39 is 18.6 Å². The van der Waals surface area contributed by atoms with Gasteiger partial charge >= 0.3 is 12.6 Å². The van der Waals surface area contributed by atoms with Crippen LogP contribution in [0.25, 0.3) is 0 Å². The molecule has 1 rings (SSSR count). The number of esters is 1. The maximum atomic E-state index is 12.4. The summed E-state index contributed by atoms with van der Waals surface area (Å²) in [5.74, 6) is -0.658. The second-order valence-corrected chi connectivity index (χ2v) is 3.82. The molecule has 0 heterocycles. The number of benzene rings is 1. The van der Waals surface area contributed by atoms with Gasteiger partial charge in [-0.2, -0.15) is 8.78 Å². The predicted molar refractivity (Wildman–Crippen MR) is 67.7 cm³/mol. The minimum Gasteiger partial charge on any atom is -0.468 e. The Morgan fingerprint density at radius 3 is 2.60 bits per heavy atom. The first-order valence-electron chi connectivity index (χ1n) is 5.94. The standard InChI is InChI=1S/C13H17F2NO4/c1-18-8-7-16-11(12(17)19-2)9-5-3-4-6-10(9)20-13(14)15/h3-6,11,13,16H,7-8H2,1-2H3. The molecule has 1 atom stereocenters. The SMILES string of the molecule is COCCNC(C(=O)OC)c1ccccc1OC(F)F. The van der Waals surface area contributed by atoms with Crippen molar-refractivity contribution in [2.24, 2.45) is 0 Å². The van der Waals surface area contributed by atoms with Crippen LogP contribution >= 0.6 is 0 Å². The van der Waals surface area contributed by atoms with E-state index in [-0.39, 0.29) is 11.3 Å². The number of carbonyl (C=O) groups is 1. The Balaban J connectivity index is 2.96. The first-order chi connectivity index (χ1) is 9.60. The lowest BCUT2D eigenvalue weighted by Crippen LogP contribution is -2.32. The van der Waals surface area contributed by atoms with Gasteiger partial charge in [-0.05, 0) is 6.07 Å². The van der Waals surface area contributed by atoms with E-state index in [1.165, 1.54) is 26.4 Å². The topological polar surface area (TPSA) is 56.8 Å². The molecule has 0 fully saturated rings. The molecule has 1 unspecified atom stereocenters. The quantitative estimate of drug-likeness (QED) is 0.583. The van der Waals surface area contributed by atoms with Crippen molar-refractivity contribution in [3.05, 3.63) is 29.8 Å². The van der Waals surface area contributed by atoms with Crippen LogP contribution in [0, 0.1) is 0 Å². The van der Waals surface area contributed by atoms with Gasteiger partial charge in [-0.15, -0.1) is 0 Å². The fourth-order valence-electron chi connectivity index (χ4n) is 1.67. The van der Waals surface area contributed by atoms with Crippen molar-refractivity contribution in [3.63, 3.8) is 0 Å². The highest BCUT2D eigenvalue weighted by molar-refractivity contribution is 5.78. The van der Waals surface area contributed by atoms with Crippen LogP contribution in [0.2, 0.25) is 0 Å².